The zero-order chi connectivity index (χ0) is 13.7. The van der Waals surface area contributed by atoms with Crippen molar-refractivity contribution in [2.75, 3.05) is 13.1 Å². The van der Waals surface area contributed by atoms with E-state index in [2.05, 4.69) is 17.0 Å². The van der Waals surface area contributed by atoms with Gasteiger partial charge >= 0.3 is 5.97 Å². The highest BCUT2D eigenvalue weighted by molar-refractivity contribution is 6.31. The minimum atomic E-state index is -0.739. The van der Waals surface area contributed by atoms with Crippen LogP contribution in [0.5, 0.6) is 0 Å². The van der Waals surface area contributed by atoms with Crippen LogP contribution in [-0.2, 0) is 17.8 Å². The molecular formula is C15H20ClNO2. The van der Waals surface area contributed by atoms with Crippen molar-refractivity contribution in [2.45, 2.75) is 38.6 Å². The lowest BCUT2D eigenvalue weighted by Gasteiger charge is -2.16. The molecule has 0 unspecified atom stereocenters. The van der Waals surface area contributed by atoms with Crippen LogP contribution in [0.1, 0.15) is 36.8 Å². The molecule has 0 atom stereocenters. The summed E-state index contributed by atoms with van der Waals surface area (Å²) in [6.45, 7) is 3.25. The van der Waals surface area contributed by atoms with Crippen LogP contribution in [-0.4, -0.2) is 29.1 Å². The molecule has 2 rings (SSSR count). The van der Waals surface area contributed by atoms with Gasteiger partial charge in [-0.3, -0.25) is 9.69 Å². The van der Waals surface area contributed by atoms with E-state index in [1.54, 1.807) is 0 Å². The minimum absolute atomic E-state index is 0.215. The van der Waals surface area contributed by atoms with E-state index >= 15 is 0 Å². The Morgan fingerprint density at radius 2 is 2.05 bits per heavy atom. The summed E-state index contributed by atoms with van der Waals surface area (Å²) >= 11 is 6.31. The smallest absolute Gasteiger partial charge is 0.303 e. The number of carboxylic acid groups (broad SMARTS) is 1. The molecule has 4 heteroatoms. The maximum absolute atomic E-state index is 10.5. The van der Waals surface area contributed by atoms with Gasteiger partial charge in [0.25, 0.3) is 0 Å². The van der Waals surface area contributed by atoms with Crippen LogP contribution in [0, 0.1) is 0 Å². The van der Waals surface area contributed by atoms with Crippen molar-refractivity contribution < 1.29 is 9.90 Å². The molecule has 1 aromatic rings. The summed E-state index contributed by atoms with van der Waals surface area (Å²) in [4.78, 5) is 12.9. The second-order valence-electron chi connectivity index (χ2n) is 5.16. The van der Waals surface area contributed by atoms with E-state index in [1.165, 1.54) is 18.4 Å². The van der Waals surface area contributed by atoms with Gasteiger partial charge in [0.15, 0.2) is 0 Å². The Labute approximate surface area is 119 Å². The highest BCUT2D eigenvalue weighted by Gasteiger charge is 2.13. The number of benzene rings is 1. The first-order chi connectivity index (χ1) is 9.15. The van der Waals surface area contributed by atoms with E-state index in [-0.39, 0.29) is 6.42 Å². The summed E-state index contributed by atoms with van der Waals surface area (Å²) in [6, 6.07) is 6.13. The first kappa shape index (κ1) is 14.4. The molecule has 104 valence electrons. The number of rotatable bonds is 6. The van der Waals surface area contributed by atoms with Crippen LogP contribution in [0.3, 0.4) is 0 Å². The number of halogens is 1. The molecule has 0 amide bonds. The van der Waals surface area contributed by atoms with E-state index in [0.717, 1.165) is 36.6 Å². The first-order valence-electron chi connectivity index (χ1n) is 6.86. The maximum atomic E-state index is 10.5. The number of likely N-dealkylation sites (tertiary alicyclic amines) is 1. The summed E-state index contributed by atoms with van der Waals surface area (Å²) in [5.74, 6) is -0.739. The van der Waals surface area contributed by atoms with Gasteiger partial charge in [-0.15, -0.1) is 0 Å². The van der Waals surface area contributed by atoms with Crippen molar-refractivity contribution in [3.63, 3.8) is 0 Å². The van der Waals surface area contributed by atoms with Crippen LogP contribution in [0.25, 0.3) is 0 Å². The lowest BCUT2D eigenvalue weighted by molar-refractivity contribution is -0.137. The summed E-state index contributed by atoms with van der Waals surface area (Å²) in [5, 5.41) is 9.42. The molecule has 1 aromatic carbocycles. The van der Waals surface area contributed by atoms with E-state index in [4.69, 9.17) is 16.7 Å². The quantitative estimate of drug-likeness (QED) is 0.869. The summed E-state index contributed by atoms with van der Waals surface area (Å²) in [6.07, 6.45) is 4.22. The molecule has 0 spiro atoms. The van der Waals surface area contributed by atoms with Gasteiger partial charge in [0.2, 0.25) is 0 Å². The molecule has 19 heavy (non-hydrogen) atoms. The molecule has 0 radical (unpaired) electrons. The second kappa shape index (κ2) is 6.92. The SMILES string of the molecule is O=C(O)CCCc1ccc(CN2CCCC2)c(Cl)c1. The van der Waals surface area contributed by atoms with Gasteiger partial charge in [-0.2, -0.15) is 0 Å². The van der Waals surface area contributed by atoms with Crippen LogP contribution < -0.4 is 0 Å². The third kappa shape index (κ3) is 4.51. The molecule has 1 saturated heterocycles. The lowest BCUT2D eigenvalue weighted by Crippen LogP contribution is -2.18. The Kier molecular flexibility index (Phi) is 5.23. The van der Waals surface area contributed by atoms with Gasteiger partial charge in [0.05, 0.1) is 0 Å². The average molecular weight is 282 g/mol. The molecular weight excluding hydrogens is 262 g/mol. The summed E-state index contributed by atoms with van der Waals surface area (Å²) < 4.78 is 0. The average Bonchev–Trinajstić information content (AvgIpc) is 2.85. The fourth-order valence-electron chi connectivity index (χ4n) is 2.50. The molecule has 1 fully saturated rings. The van der Waals surface area contributed by atoms with Crippen LogP contribution in [0.2, 0.25) is 5.02 Å². The molecule has 1 aliphatic heterocycles. The number of hydrogen-bond acceptors (Lipinski definition) is 2. The fraction of sp³-hybridized carbons (Fsp3) is 0.533. The highest BCUT2D eigenvalue weighted by Crippen LogP contribution is 2.22. The topological polar surface area (TPSA) is 40.5 Å². The van der Waals surface area contributed by atoms with Gasteiger partial charge < -0.3 is 5.11 Å². The highest BCUT2D eigenvalue weighted by atomic mass is 35.5. The second-order valence-corrected chi connectivity index (χ2v) is 5.56. The Bertz CT molecular complexity index is 442. The number of aryl methyl sites for hydroxylation is 1. The predicted octanol–water partition coefficient (Wildman–Crippen LogP) is 3.34. The molecule has 3 nitrogen and oxygen atoms in total. The molecule has 0 saturated carbocycles. The Morgan fingerprint density at radius 1 is 1.32 bits per heavy atom. The predicted molar refractivity (Wildman–Crippen MR) is 76.5 cm³/mol. The Balaban J connectivity index is 1.90. The molecule has 1 N–H and O–H groups in total. The fourth-order valence-corrected chi connectivity index (χ4v) is 2.76. The third-order valence-corrected chi connectivity index (χ3v) is 3.92. The van der Waals surface area contributed by atoms with Crippen molar-refractivity contribution in [1.82, 2.24) is 4.90 Å². The number of hydrogen-bond donors (Lipinski definition) is 1. The molecule has 1 aliphatic rings. The van der Waals surface area contributed by atoms with Crippen LogP contribution in [0.15, 0.2) is 18.2 Å². The van der Waals surface area contributed by atoms with E-state index < -0.39 is 5.97 Å². The third-order valence-electron chi connectivity index (χ3n) is 3.57. The summed E-state index contributed by atoms with van der Waals surface area (Å²) in [5.41, 5.74) is 2.29. The molecule has 0 aliphatic carbocycles. The number of aliphatic carboxylic acids is 1. The Hall–Kier alpha value is -1.06. The zero-order valence-corrected chi connectivity index (χ0v) is 11.8. The largest absolute Gasteiger partial charge is 0.481 e. The number of carboxylic acids is 1. The van der Waals surface area contributed by atoms with Crippen molar-refractivity contribution in [3.8, 4) is 0 Å². The number of carbonyl (C=O) groups is 1. The van der Waals surface area contributed by atoms with Crippen molar-refractivity contribution in [3.05, 3.63) is 34.3 Å². The van der Waals surface area contributed by atoms with Crippen molar-refractivity contribution in [2.24, 2.45) is 0 Å². The monoisotopic (exact) mass is 281 g/mol. The van der Waals surface area contributed by atoms with Gasteiger partial charge in [0.1, 0.15) is 0 Å². The van der Waals surface area contributed by atoms with Crippen molar-refractivity contribution in [1.29, 1.82) is 0 Å². The Morgan fingerprint density at radius 3 is 2.68 bits per heavy atom. The minimum Gasteiger partial charge on any atom is -0.481 e. The van der Waals surface area contributed by atoms with Gasteiger partial charge in [0, 0.05) is 18.0 Å². The maximum Gasteiger partial charge on any atom is 0.303 e. The lowest BCUT2D eigenvalue weighted by atomic mass is 10.1. The zero-order valence-electron chi connectivity index (χ0n) is 11.1. The standard InChI is InChI=1S/C15H20ClNO2/c16-14-10-12(4-3-5-15(18)19)6-7-13(14)11-17-8-1-2-9-17/h6-7,10H,1-5,8-9,11H2,(H,18,19). The van der Waals surface area contributed by atoms with Gasteiger partial charge in [-0.25, -0.2) is 0 Å². The van der Waals surface area contributed by atoms with Crippen molar-refractivity contribution >= 4 is 17.6 Å². The van der Waals surface area contributed by atoms with E-state index in [9.17, 15) is 4.79 Å². The molecule has 0 bridgehead atoms. The van der Waals surface area contributed by atoms with Gasteiger partial charge in [-0.05, 0) is 56.0 Å². The van der Waals surface area contributed by atoms with E-state index in [1.807, 2.05) is 6.07 Å². The van der Waals surface area contributed by atoms with Crippen LogP contribution in [0.4, 0.5) is 0 Å². The number of nitrogens with zero attached hydrogens (tertiary/aromatic N) is 1. The van der Waals surface area contributed by atoms with E-state index in [0.29, 0.717) is 6.42 Å². The molecule has 0 aromatic heterocycles. The van der Waals surface area contributed by atoms with Crippen LogP contribution >= 0.6 is 11.6 Å². The summed E-state index contributed by atoms with van der Waals surface area (Å²) in [7, 11) is 0. The van der Waals surface area contributed by atoms with Gasteiger partial charge in [-0.1, -0.05) is 23.7 Å². The molecule has 1 heterocycles. The normalized spacial score (nSPS) is 15.8. The first-order valence-corrected chi connectivity index (χ1v) is 7.24.